The summed E-state index contributed by atoms with van der Waals surface area (Å²) >= 11 is 0. The topological polar surface area (TPSA) is 50.9 Å². The van der Waals surface area contributed by atoms with Crippen LogP contribution in [-0.4, -0.2) is 19.6 Å². The monoisotopic (exact) mass is 986 g/mol. The molecule has 0 atom stereocenters. The van der Waals surface area contributed by atoms with Crippen LogP contribution < -0.4 is 0 Å². The fourth-order valence-corrected chi connectivity index (χ4v) is 7.88. The van der Waals surface area contributed by atoms with E-state index in [1.165, 1.54) is 5.56 Å². The van der Waals surface area contributed by atoms with E-state index >= 15 is 0 Å². The molecule has 1 N–H and O–H groups in total. The van der Waals surface area contributed by atoms with Gasteiger partial charge in [-0.2, -0.15) is 0 Å². The number of aryl methyl sites for hydroxylation is 1. The average Bonchev–Trinajstić information content (AvgIpc) is 3.67. The first kappa shape index (κ1) is 37.2. The van der Waals surface area contributed by atoms with Gasteiger partial charge in [0, 0.05) is 44.1 Å². The first-order chi connectivity index (χ1) is 30.6. The molecule has 312 valence electrons. The number of phenols is 1. The van der Waals surface area contributed by atoms with E-state index in [2.05, 4.69) is 153 Å². The van der Waals surface area contributed by atoms with Crippen LogP contribution in [0, 0.1) is 13.0 Å². The van der Waals surface area contributed by atoms with Gasteiger partial charge in [0.2, 0.25) is 0 Å². The fourth-order valence-electron chi connectivity index (χ4n) is 7.88. The van der Waals surface area contributed by atoms with Crippen molar-refractivity contribution in [1.82, 2.24) is 14.5 Å². The van der Waals surface area contributed by atoms with E-state index in [4.69, 9.17) is 16.8 Å². The minimum absolute atomic E-state index is 0. The molecule has 0 spiro atoms. The molecular formula is C56H56N3OPt-. The third-order valence-electron chi connectivity index (χ3n) is 11.8. The molecule has 0 aliphatic rings. The summed E-state index contributed by atoms with van der Waals surface area (Å²) in [5.41, 5.74) is 12.1. The van der Waals surface area contributed by atoms with Crippen LogP contribution in [0.1, 0.15) is 97.8 Å². The molecule has 0 aliphatic heterocycles. The number of aromatic nitrogens is 3. The first-order valence-corrected chi connectivity index (χ1v) is 20.8. The van der Waals surface area contributed by atoms with Crippen molar-refractivity contribution < 1.29 is 33.0 Å². The van der Waals surface area contributed by atoms with Gasteiger partial charge in [-0.05, 0) is 87.7 Å². The maximum atomic E-state index is 12.3. The molecule has 0 saturated carbocycles. The van der Waals surface area contributed by atoms with E-state index < -0.39 is 6.04 Å². The van der Waals surface area contributed by atoms with E-state index in [1.807, 2.05) is 18.2 Å². The van der Waals surface area contributed by atoms with Crippen molar-refractivity contribution in [3.8, 4) is 67.5 Å². The summed E-state index contributed by atoms with van der Waals surface area (Å²) in [5, 5.41) is 12.3. The molecule has 0 fully saturated rings. The summed E-state index contributed by atoms with van der Waals surface area (Å²) in [4.78, 5) is 10.3. The van der Waals surface area contributed by atoms with Crippen LogP contribution in [0.15, 0.2) is 140 Å². The Bertz CT molecular complexity index is 3130. The van der Waals surface area contributed by atoms with E-state index in [-0.39, 0.29) is 72.8 Å². The number of rotatable bonds is 8. The molecule has 5 heteroatoms. The van der Waals surface area contributed by atoms with Crippen molar-refractivity contribution in [2.24, 2.45) is 0 Å². The van der Waals surface area contributed by atoms with Crippen molar-refractivity contribution in [1.29, 1.82) is 0 Å². The van der Waals surface area contributed by atoms with Gasteiger partial charge in [-0.1, -0.05) is 164 Å². The number of para-hydroxylation sites is 1. The molecule has 0 aliphatic carbocycles. The van der Waals surface area contributed by atoms with Crippen molar-refractivity contribution in [2.45, 2.75) is 91.9 Å². The SMILES string of the molecule is [2H]c1c([2H])c([2H])c(-c2ccnc(-c3[c-]c(-c4cccc5c4nc(-c4cc(C)cc(C(C)(C)C)c4O)n5-c4ccc(C(C)(C)CC)cc4-c4ccccc4)cc(C(C)(C)C)c3)c2)c([2H])c1[2H].[Pt]. The van der Waals surface area contributed by atoms with E-state index in [0.717, 1.165) is 62.1 Å². The second-order valence-corrected chi connectivity index (χ2v) is 18.6. The number of imidazole rings is 1. The van der Waals surface area contributed by atoms with Gasteiger partial charge >= 0.3 is 0 Å². The minimum atomic E-state index is -0.436. The van der Waals surface area contributed by atoms with Crippen molar-refractivity contribution in [2.75, 3.05) is 0 Å². The predicted octanol–water partition coefficient (Wildman–Crippen LogP) is 14.8. The van der Waals surface area contributed by atoms with Crippen molar-refractivity contribution in [3.63, 3.8) is 0 Å². The Labute approximate surface area is 384 Å². The van der Waals surface area contributed by atoms with Gasteiger partial charge in [-0.25, -0.2) is 4.98 Å². The number of phenolic OH excluding ortho intramolecular Hbond substituents is 1. The second-order valence-electron chi connectivity index (χ2n) is 18.6. The smallest absolute Gasteiger partial charge is 0.148 e. The maximum Gasteiger partial charge on any atom is 0.148 e. The standard InChI is InChI=1S/C56H56N3O.Pt/c1-11-56(9,10)42-25-26-49(45(35-42)38-21-16-13-17-22-38)59-50-24-18-23-44(51(50)58-53(59)46-29-36(2)30-47(52(46)60)55(6,7)8)40-31-41(33-43(32-40)54(3,4)5)48-34-39(27-28-57-48)37-19-14-12-15-20-37;/h12-30,32-35,60H,11H2,1-10H3;/q-1;/i12D,14D,15D,19D,20D;. The van der Waals surface area contributed by atoms with E-state index in [1.54, 1.807) is 18.3 Å². The average molecular weight is 987 g/mol. The van der Waals surface area contributed by atoms with Gasteiger partial charge in [0.05, 0.1) is 29.1 Å². The van der Waals surface area contributed by atoms with Crippen LogP contribution >= 0.6 is 0 Å². The minimum Gasteiger partial charge on any atom is -0.507 e. The Kier molecular flexibility index (Phi) is 10.2. The number of hydrogen-bond acceptors (Lipinski definition) is 3. The molecule has 4 nitrogen and oxygen atoms in total. The van der Waals surface area contributed by atoms with E-state index in [9.17, 15) is 5.11 Å². The third-order valence-corrected chi connectivity index (χ3v) is 11.8. The number of aromatic hydroxyl groups is 1. The Morgan fingerprint density at radius 2 is 1.39 bits per heavy atom. The van der Waals surface area contributed by atoms with Crippen LogP contribution in [0.4, 0.5) is 0 Å². The van der Waals surface area contributed by atoms with E-state index in [0.29, 0.717) is 28.2 Å². The number of fused-ring (bicyclic) bond motifs is 1. The summed E-state index contributed by atoms with van der Waals surface area (Å²) in [6.45, 7) is 21.6. The summed E-state index contributed by atoms with van der Waals surface area (Å²) in [6.07, 6.45) is 2.57. The van der Waals surface area contributed by atoms with Crippen LogP contribution in [0.3, 0.4) is 0 Å². The zero-order valence-electron chi connectivity index (χ0n) is 41.7. The van der Waals surface area contributed by atoms with Gasteiger partial charge in [0.15, 0.2) is 0 Å². The van der Waals surface area contributed by atoms with Crippen LogP contribution in [0.25, 0.3) is 72.7 Å². The van der Waals surface area contributed by atoms with Crippen molar-refractivity contribution >= 4 is 11.0 Å². The zero-order valence-corrected chi connectivity index (χ0v) is 39.0. The summed E-state index contributed by atoms with van der Waals surface area (Å²) in [6, 6.07) is 37.0. The zero-order chi connectivity index (χ0) is 46.9. The molecule has 0 bridgehead atoms. The van der Waals surface area contributed by atoms with Gasteiger partial charge in [0.25, 0.3) is 0 Å². The Balaban J connectivity index is 0.00000648. The predicted molar refractivity (Wildman–Crippen MR) is 252 cm³/mol. The summed E-state index contributed by atoms with van der Waals surface area (Å²) in [7, 11) is 0. The number of nitrogens with zero attached hydrogens (tertiary/aromatic N) is 3. The maximum absolute atomic E-state index is 12.3. The molecule has 0 saturated heterocycles. The third kappa shape index (κ3) is 8.53. The normalized spacial score (nSPS) is 13.2. The molecule has 8 rings (SSSR count). The first-order valence-electron chi connectivity index (χ1n) is 23.3. The Morgan fingerprint density at radius 3 is 2.08 bits per heavy atom. The van der Waals surface area contributed by atoms with Gasteiger partial charge in [-0.15, -0.1) is 29.3 Å². The Hall–Kier alpha value is -5.57. The van der Waals surface area contributed by atoms with Crippen LogP contribution in [0.2, 0.25) is 0 Å². The molecule has 0 amide bonds. The number of pyridine rings is 1. The molecule has 2 aromatic heterocycles. The molecule has 6 aromatic carbocycles. The molecule has 2 heterocycles. The second kappa shape index (κ2) is 16.7. The number of benzene rings is 6. The van der Waals surface area contributed by atoms with Gasteiger partial charge < -0.3 is 5.11 Å². The van der Waals surface area contributed by atoms with Gasteiger partial charge in [-0.3, -0.25) is 9.55 Å². The van der Waals surface area contributed by atoms with Crippen LogP contribution in [-0.2, 0) is 37.3 Å². The quantitative estimate of drug-likeness (QED) is 0.154. The summed E-state index contributed by atoms with van der Waals surface area (Å²) < 4.78 is 44.3. The molecule has 0 unspecified atom stereocenters. The van der Waals surface area contributed by atoms with Crippen LogP contribution in [0.5, 0.6) is 5.75 Å². The molecular weight excluding hydrogens is 926 g/mol. The van der Waals surface area contributed by atoms with Gasteiger partial charge in [0.1, 0.15) is 11.6 Å². The molecule has 8 aromatic rings. The fraction of sp³-hybridized carbons (Fsp3) is 0.250. The number of hydrogen-bond donors (Lipinski definition) is 1. The largest absolute Gasteiger partial charge is 0.507 e. The summed E-state index contributed by atoms with van der Waals surface area (Å²) in [5.74, 6) is 0.805. The molecule has 61 heavy (non-hydrogen) atoms. The molecule has 0 radical (unpaired) electrons. The Morgan fingerprint density at radius 1 is 0.672 bits per heavy atom. The van der Waals surface area contributed by atoms with Crippen molar-refractivity contribution in [3.05, 3.63) is 168 Å².